The second-order valence-corrected chi connectivity index (χ2v) is 7.04. The molecule has 0 bridgehead atoms. The molecule has 0 saturated carbocycles. The van der Waals surface area contributed by atoms with E-state index in [1.807, 2.05) is 10.9 Å². The number of aromatic nitrogens is 3. The van der Waals surface area contributed by atoms with Crippen LogP contribution in [0.5, 0.6) is 0 Å². The molecule has 124 valence electrons. The van der Waals surface area contributed by atoms with Crippen LogP contribution in [0.15, 0.2) is 16.4 Å². The van der Waals surface area contributed by atoms with Crippen LogP contribution >= 0.6 is 0 Å². The molecule has 0 radical (unpaired) electrons. The lowest BCUT2D eigenvalue weighted by Gasteiger charge is -2.05. The van der Waals surface area contributed by atoms with E-state index in [0.29, 0.717) is 23.8 Å². The summed E-state index contributed by atoms with van der Waals surface area (Å²) in [6.45, 7) is 17.1. The molecule has 0 amide bonds. The highest BCUT2D eigenvalue weighted by molar-refractivity contribution is 6.08. The zero-order valence-corrected chi connectivity index (χ0v) is 15.3. The van der Waals surface area contributed by atoms with Crippen molar-refractivity contribution in [1.29, 1.82) is 0 Å². The number of hydrogen-bond acceptors (Lipinski definition) is 4. The van der Waals surface area contributed by atoms with E-state index in [0.717, 1.165) is 12.1 Å². The first-order valence-corrected chi connectivity index (χ1v) is 8.27. The van der Waals surface area contributed by atoms with Gasteiger partial charge in [0.2, 0.25) is 0 Å². The molecule has 5 heteroatoms. The number of nitrogens with zero attached hydrogens (tertiary/aromatic N) is 5. The third-order valence-electron chi connectivity index (χ3n) is 3.65. The normalized spacial score (nSPS) is 14.5. The predicted molar refractivity (Wildman–Crippen MR) is 93.7 cm³/mol. The lowest BCUT2D eigenvalue weighted by molar-refractivity contribution is 0.514. The summed E-state index contributed by atoms with van der Waals surface area (Å²) in [6, 6.07) is 0.412. The fourth-order valence-electron chi connectivity index (χ4n) is 1.83. The summed E-state index contributed by atoms with van der Waals surface area (Å²) >= 11 is 0. The molecule has 0 unspecified atom stereocenters. The summed E-state index contributed by atoms with van der Waals surface area (Å²) in [6.07, 6.45) is 3.00. The van der Waals surface area contributed by atoms with Crippen LogP contribution in [0.1, 0.15) is 79.5 Å². The van der Waals surface area contributed by atoms with E-state index in [1.54, 1.807) is 0 Å². The van der Waals surface area contributed by atoms with Crippen LogP contribution in [0.25, 0.3) is 0 Å². The molecule has 0 aliphatic carbocycles. The van der Waals surface area contributed by atoms with Crippen LogP contribution in [0.2, 0.25) is 0 Å². The highest BCUT2D eigenvalue weighted by Crippen LogP contribution is 2.14. The molecule has 0 atom stereocenters. The van der Waals surface area contributed by atoms with Gasteiger partial charge in [-0.1, -0.05) is 46.8 Å². The van der Waals surface area contributed by atoms with Crippen molar-refractivity contribution in [1.82, 2.24) is 15.0 Å². The lowest BCUT2D eigenvalue weighted by Crippen LogP contribution is -2.12. The van der Waals surface area contributed by atoms with Crippen molar-refractivity contribution in [2.45, 2.75) is 73.8 Å². The first kappa shape index (κ1) is 18.5. The highest BCUT2D eigenvalue weighted by Gasteiger charge is 2.17. The fourth-order valence-corrected chi connectivity index (χ4v) is 1.83. The minimum Gasteiger partial charge on any atom is -0.250 e. The minimum atomic E-state index is 0.412. The summed E-state index contributed by atoms with van der Waals surface area (Å²) in [7, 11) is 0. The Morgan fingerprint density at radius 1 is 0.818 bits per heavy atom. The summed E-state index contributed by atoms with van der Waals surface area (Å²) in [4.78, 5) is 0. The maximum absolute atomic E-state index is 4.14. The summed E-state index contributed by atoms with van der Waals surface area (Å²) < 4.78 is 1.88. The van der Waals surface area contributed by atoms with Gasteiger partial charge in [0.25, 0.3) is 0 Å². The van der Waals surface area contributed by atoms with Crippen LogP contribution in [-0.4, -0.2) is 26.4 Å². The van der Waals surface area contributed by atoms with Crippen molar-refractivity contribution >= 4 is 11.4 Å². The molecule has 0 fully saturated rings. The molecule has 1 aliphatic rings. The van der Waals surface area contributed by atoms with E-state index in [-0.39, 0.29) is 0 Å². The molecule has 1 aromatic rings. The Morgan fingerprint density at radius 2 is 1.32 bits per heavy atom. The van der Waals surface area contributed by atoms with Gasteiger partial charge in [-0.3, -0.25) is 0 Å². The molecule has 1 aliphatic heterocycles. The average molecular weight is 305 g/mol. The highest BCUT2D eigenvalue weighted by atomic mass is 15.4. The van der Waals surface area contributed by atoms with E-state index >= 15 is 0 Å². The first-order valence-electron chi connectivity index (χ1n) is 8.27. The zero-order valence-electron chi connectivity index (χ0n) is 15.3. The molecule has 5 nitrogen and oxygen atoms in total. The van der Waals surface area contributed by atoms with Crippen molar-refractivity contribution in [3.8, 4) is 0 Å². The van der Waals surface area contributed by atoms with E-state index in [9.17, 15) is 0 Å². The molecule has 0 N–H and O–H groups in total. The third-order valence-corrected chi connectivity index (χ3v) is 3.65. The molecule has 0 saturated heterocycles. The lowest BCUT2D eigenvalue weighted by atomic mass is 9.98. The second-order valence-electron chi connectivity index (χ2n) is 7.04. The van der Waals surface area contributed by atoms with E-state index < -0.39 is 0 Å². The van der Waals surface area contributed by atoms with Crippen LogP contribution in [-0.2, 0) is 0 Å². The Bertz CT molecular complexity index is 476. The number of rotatable bonds is 4. The Morgan fingerprint density at radius 3 is 1.55 bits per heavy atom. The minimum absolute atomic E-state index is 0.412. The van der Waals surface area contributed by atoms with Gasteiger partial charge in [0.05, 0.1) is 5.69 Å². The maximum atomic E-state index is 4.14. The largest absolute Gasteiger partial charge is 0.250 e. The van der Waals surface area contributed by atoms with Gasteiger partial charge in [0, 0.05) is 30.1 Å². The zero-order chi connectivity index (χ0) is 16.9. The predicted octanol–water partition coefficient (Wildman–Crippen LogP) is 4.48. The Balaban J connectivity index is 0.000000220. The standard InChI is InChI=1S/C9H16N2.C8H15N3/c1-6(2)8-5-9(7(3)4)11-10-8;1-6(2)8-5-11(7(3)4)10-9-8/h6-7H,5H2,1-4H3;5-7H,1-4H3. The van der Waals surface area contributed by atoms with Crippen LogP contribution in [0.3, 0.4) is 0 Å². The van der Waals surface area contributed by atoms with Crippen molar-refractivity contribution in [3.05, 3.63) is 11.9 Å². The van der Waals surface area contributed by atoms with Gasteiger partial charge in [-0.05, 0) is 31.6 Å². The van der Waals surface area contributed by atoms with E-state index in [1.165, 1.54) is 11.4 Å². The monoisotopic (exact) mass is 305 g/mol. The van der Waals surface area contributed by atoms with Crippen molar-refractivity contribution in [3.63, 3.8) is 0 Å². The topological polar surface area (TPSA) is 55.4 Å². The number of hydrogen-bond donors (Lipinski definition) is 0. The quantitative estimate of drug-likeness (QED) is 0.823. The molecular formula is C17H31N5. The average Bonchev–Trinajstić information content (AvgIpc) is 3.09. The van der Waals surface area contributed by atoms with Crippen LogP contribution in [0, 0.1) is 11.8 Å². The van der Waals surface area contributed by atoms with E-state index in [2.05, 4.69) is 75.9 Å². The van der Waals surface area contributed by atoms with Gasteiger partial charge >= 0.3 is 0 Å². The molecule has 2 rings (SSSR count). The summed E-state index contributed by atoms with van der Waals surface area (Å²) in [5.41, 5.74) is 3.53. The molecule has 2 heterocycles. The van der Waals surface area contributed by atoms with Crippen molar-refractivity contribution < 1.29 is 0 Å². The maximum Gasteiger partial charge on any atom is 0.0852 e. The van der Waals surface area contributed by atoms with Crippen molar-refractivity contribution in [2.24, 2.45) is 22.0 Å². The molecule has 0 aromatic carbocycles. The summed E-state index contributed by atoms with van der Waals surface area (Å²) in [5, 5.41) is 16.3. The fraction of sp³-hybridized carbons (Fsp3) is 0.765. The Kier molecular flexibility index (Phi) is 6.91. The smallest absolute Gasteiger partial charge is 0.0852 e. The van der Waals surface area contributed by atoms with Gasteiger partial charge < -0.3 is 0 Å². The van der Waals surface area contributed by atoms with Crippen molar-refractivity contribution in [2.75, 3.05) is 0 Å². The first-order chi connectivity index (χ1) is 10.2. The van der Waals surface area contributed by atoms with Gasteiger partial charge in [0.1, 0.15) is 0 Å². The molecule has 1 aromatic heterocycles. The van der Waals surface area contributed by atoms with Gasteiger partial charge in [0.15, 0.2) is 0 Å². The SMILES string of the molecule is CC(C)C1=NN=C(C(C)C)C1.CC(C)c1cn(C(C)C)nn1. The second kappa shape index (κ2) is 8.20. The third kappa shape index (κ3) is 5.35. The molecular weight excluding hydrogens is 274 g/mol. The van der Waals surface area contributed by atoms with Gasteiger partial charge in [-0.15, -0.1) is 5.10 Å². The van der Waals surface area contributed by atoms with Crippen LogP contribution < -0.4 is 0 Å². The molecule has 0 spiro atoms. The Hall–Kier alpha value is -1.52. The van der Waals surface area contributed by atoms with E-state index in [4.69, 9.17) is 0 Å². The molecule has 22 heavy (non-hydrogen) atoms. The Labute approximate surface area is 134 Å². The van der Waals surface area contributed by atoms with Crippen LogP contribution in [0.4, 0.5) is 0 Å². The summed E-state index contributed by atoms with van der Waals surface area (Å²) in [5.74, 6) is 1.58. The van der Waals surface area contributed by atoms with Gasteiger partial charge in [-0.2, -0.15) is 10.2 Å². The van der Waals surface area contributed by atoms with Gasteiger partial charge in [-0.25, -0.2) is 4.68 Å².